The van der Waals surface area contributed by atoms with Crippen LogP contribution in [0.4, 0.5) is 18.9 Å². The number of nitriles is 1. The lowest BCUT2D eigenvalue weighted by Crippen LogP contribution is -2.49. The third-order valence-corrected chi connectivity index (χ3v) is 3.12. The fourth-order valence-electron chi connectivity index (χ4n) is 2.19. The molecule has 0 saturated carbocycles. The molecule has 0 aliphatic carbocycles. The van der Waals surface area contributed by atoms with Gasteiger partial charge < -0.3 is 4.90 Å². The zero-order chi connectivity index (χ0) is 13.9. The average Bonchev–Trinajstić information content (AvgIpc) is 2.38. The molecule has 0 unspecified atom stereocenters. The summed E-state index contributed by atoms with van der Waals surface area (Å²) in [5.41, 5.74) is 1.46. The minimum atomic E-state index is -4.14. The summed E-state index contributed by atoms with van der Waals surface area (Å²) < 4.78 is 36.8. The normalized spacial score (nSPS) is 17.3. The molecule has 0 atom stereocenters. The Balaban J connectivity index is 1.94. The van der Waals surface area contributed by atoms with E-state index in [2.05, 4.69) is 6.07 Å². The topological polar surface area (TPSA) is 30.3 Å². The molecule has 1 heterocycles. The summed E-state index contributed by atoms with van der Waals surface area (Å²) in [5, 5.41) is 8.83. The lowest BCUT2D eigenvalue weighted by atomic mass is 10.2. The predicted molar refractivity (Wildman–Crippen MR) is 65.9 cm³/mol. The van der Waals surface area contributed by atoms with Crippen LogP contribution in [0.3, 0.4) is 0 Å². The number of nitrogens with zero attached hydrogens (tertiary/aromatic N) is 3. The van der Waals surface area contributed by atoms with Gasteiger partial charge in [-0.2, -0.15) is 18.4 Å². The van der Waals surface area contributed by atoms with Gasteiger partial charge in [-0.25, -0.2) is 0 Å². The van der Waals surface area contributed by atoms with Crippen molar-refractivity contribution in [2.75, 3.05) is 37.6 Å². The molecule has 0 aromatic heterocycles. The molecule has 0 amide bonds. The van der Waals surface area contributed by atoms with Crippen LogP contribution in [0.5, 0.6) is 0 Å². The van der Waals surface area contributed by atoms with Crippen molar-refractivity contribution in [3.05, 3.63) is 29.8 Å². The van der Waals surface area contributed by atoms with Gasteiger partial charge in [-0.3, -0.25) is 4.90 Å². The maximum absolute atomic E-state index is 12.3. The zero-order valence-electron chi connectivity index (χ0n) is 10.3. The van der Waals surface area contributed by atoms with Crippen LogP contribution in [0.2, 0.25) is 0 Å². The summed E-state index contributed by atoms with van der Waals surface area (Å²) in [6.07, 6.45) is -4.14. The molecule has 0 radical (unpaired) electrons. The maximum Gasteiger partial charge on any atom is 0.401 e. The van der Waals surface area contributed by atoms with Crippen LogP contribution in [0.1, 0.15) is 5.56 Å². The summed E-state index contributed by atoms with van der Waals surface area (Å²) in [6.45, 7) is 1.02. The van der Waals surface area contributed by atoms with E-state index >= 15 is 0 Å². The van der Waals surface area contributed by atoms with Gasteiger partial charge in [-0.15, -0.1) is 0 Å². The second-order valence-corrected chi connectivity index (χ2v) is 4.54. The molecule has 1 aromatic rings. The van der Waals surface area contributed by atoms with E-state index in [4.69, 9.17) is 5.26 Å². The van der Waals surface area contributed by atoms with E-state index in [1.165, 1.54) is 4.90 Å². The van der Waals surface area contributed by atoms with Gasteiger partial charge in [0.05, 0.1) is 18.2 Å². The van der Waals surface area contributed by atoms with E-state index in [0.717, 1.165) is 5.69 Å². The number of piperazine rings is 1. The predicted octanol–water partition coefficient (Wildman–Crippen LogP) is 2.24. The number of hydrogen-bond acceptors (Lipinski definition) is 3. The molecule has 2 rings (SSSR count). The van der Waals surface area contributed by atoms with Gasteiger partial charge in [-0.1, -0.05) is 6.07 Å². The van der Waals surface area contributed by atoms with Crippen LogP contribution in [0, 0.1) is 11.3 Å². The minimum absolute atomic E-state index is 0.385. The Hall–Kier alpha value is -1.74. The number of benzene rings is 1. The highest BCUT2D eigenvalue weighted by Gasteiger charge is 2.32. The Morgan fingerprint density at radius 1 is 1.16 bits per heavy atom. The van der Waals surface area contributed by atoms with Crippen molar-refractivity contribution in [1.82, 2.24) is 4.90 Å². The van der Waals surface area contributed by atoms with E-state index in [-0.39, 0.29) is 0 Å². The first kappa shape index (κ1) is 13.7. The van der Waals surface area contributed by atoms with Gasteiger partial charge in [0.15, 0.2) is 0 Å². The Morgan fingerprint density at radius 2 is 1.84 bits per heavy atom. The van der Waals surface area contributed by atoms with Gasteiger partial charge in [0.25, 0.3) is 0 Å². The lowest BCUT2D eigenvalue weighted by molar-refractivity contribution is -0.146. The standard InChI is InChI=1S/C13H14F3N3/c14-13(15,16)10-18-4-6-19(7-5-18)12-3-1-2-11(8-12)9-17/h1-3,8H,4-7,10H2. The highest BCUT2D eigenvalue weighted by molar-refractivity contribution is 5.51. The Kier molecular flexibility index (Phi) is 3.96. The maximum atomic E-state index is 12.3. The van der Waals surface area contributed by atoms with Gasteiger partial charge in [-0.05, 0) is 18.2 Å². The van der Waals surface area contributed by atoms with Gasteiger partial charge >= 0.3 is 6.18 Å². The number of anilines is 1. The fourth-order valence-corrected chi connectivity index (χ4v) is 2.19. The molecule has 3 nitrogen and oxygen atoms in total. The SMILES string of the molecule is N#Cc1cccc(N2CCN(CC(F)(F)F)CC2)c1. The molecule has 0 spiro atoms. The van der Waals surface area contributed by atoms with Crippen LogP contribution in [0.15, 0.2) is 24.3 Å². The van der Waals surface area contributed by atoms with Crippen LogP contribution in [-0.2, 0) is 0 Å². The van der Waals surface area contributed by atoms with E-state index < -0.39 is 12.7 Å². The molecule has 1 saturated heterocycles. The number of rotatable bonds is 2. The highest BCUT2D eigenvalue weighted by Crippen LogP contribution is 2.21. The second kappa shape index (κ2) is 5.49. The molecule has 1 fully saturated rings. The Bertz CT molecular complexity index is 471. The smallest absolute Gasteiger partial charge is 0.369 e. The third kappa shape index (κ3) is 3.86. The van der Waals surface area contributed by atoms with Crippen molar-refractivity contribution in [1.29, 1.82) is 5.26 Å². The van der Waals surface area contributed by atoms with Crippen LogP contribution in [0.25, 0.3) is 0 Å². The Labute approximate surface area is 109 Å². The van der Waals surface area contributed by atoms with Crippen LogP contribution >= 0.6 is 0 Å². The lowest BCUT2D eigenvalue weighted by Gasteiger charge is -2.36. The van der Waals surface area contributed by atoms with E-state index in [9.17, 15) is 13.2 Å². The van der Waals surface area contributed by atoms with Gasteiger partial charge in [0.2, 0.25) is 0 Å². The molecule has 19 heavy (non-hydrogen) atoms. The first-order valence-corrected chi connectivity index (χ1v) is 6.02. The fraction of sp³-hybridized carbons (Fsp3) is 0.462. The van der Waals surface area contributed by atoms with E-state index in [0.29, 0.717) is 31.7 Å². The van der Waals surface area contributed by atoms with Crippen molar-refractivity contribution in [3.63, 3.8) is 0 Å². The van der Waals surface area contributed by atoms with E-state index in [1.54, 1.807) is 18.2 Å². The highest BCUT2D eigenvalue weighted by atomic mass is 19.4. The molecule has 6 heteroatoms. The van der Waals surface area contributed by atoms with Crippen molar-refractivity contribution in [2.45, 2.75) is 6.18 Å². The quantitative estimate of drug-likeness (QED) is 0.825. The van der Waals surface area contributed by atoms with Crippen LogP contribution in [-0.4, -0.2) is 43.8 Å². The summed E-state index contributed by atoms with van der Waals surface area (Å²) >= 11 is 0. The Morgan fingerprint density at radius 3 is 2.42 bits per heavy atom. The molecule has 102 valence electrons. The second-order valence-electron chi connectivity index (χ2n) is 4.54. The summed E-state index contributed by atoms with van der Waals surface area (Å²) in [5.74, 6) is 0. The average molecular weight is 269 g/mol. The molecular formula is C13H14F3N3. The molecule has 1 aliphatic heterocycles. The molecule has 1 aliphatic rings. The molecular weight excluding hydrogens is 255 g/mol. The van der Waals surface area contributed by atoms with Crippen molar-refractivity contribution < 1.29 is 13.2 Å². The van der Waals surface area contributed by atoms with Gasteiger partial charge in [0, 0.05) is 31.9 Å². The third-order valence-electron chi connectivity index (χ3n) is 3.12. The van der Waals surface area contributed by atoms with Crippen molar-refractivity contribution >= 4 is 5.69 Å². The molecule has 0 N–H and O–H groups in total. The zero-order valence-corrected chi connectivity index (χ0v) is 10.3. The van der Waals surface area contributed by atoms with E-state index in [1.807, 2.05) is 11.0 Å². The molecule has 1 aromatic carbocycles. The summed E-state index contributed by atoms with van der Waals surface area (Å²) in [6, 6.07) is 9.20. The van der Waals surface area contributed by atoms with Crippen LogP contribution < -0.4 is 4.90 Å². The van der Waals surface area contributed by atoms with Crippen molar-refractivity contribution in [2.24, 2.45) is 0 Å². The number of alkyl halides is 3. The largest absolute Gasteiger partial charge is 0.401 e. The summed E-state index contributed by atoms with van der Waals surface area (Å²) in [7, 11) is 0. The van der Waals surface area contributed by atoms with Gasteiger partial charge in [0.1, 0.15) is 0 Å². The monoisotopic (exact) mass is 269 g/mol. The summed E-state index contributed by atoms with van der Waals surface area (Å²) in [4.78, 5) is 3.42. The first-order valence-electron chi connectivity index (χ1n) is 6.02. The van der Waals surface area contributed by atoms with Crippen molar-refractivity contribution in [3.8, 4) is 6.07 Å². The minimum Gasteiger partial charge on any atom is -0.369 e. The first-order chi connectivity index (χ1) is 8.98. The number of halogens is 3. The molecule has 0 bridgehead atoms. The number of hydrogen-bond donors (Lipinski definition) is 0.